The van der Waals surface area contributed by atoms with E-state index in [9.17, 15) is 24.3 Å². The number of anilines is 3. The van der Waals surface area contributed by atoms with E-state index in [0.717, 1.165) is 42.7 Å². The number of amides is 4. The molecule has 3 aliphatic heterocycles. The van der Waals surface area contributed by atoms with Crippen molar-refractivity contribution in [3.63, 3.8) is 0 Å². The molecule has 4 amide bonds. The minimum atomic E-state index is -0.457. The molecule has 280 valence electrons. The summed E-state index contributed by atoms with van der Waals surface area (Å²) in [6.45, 7) is 2.31. The van der Waals surface area contributed by atoms with Gasteiger partial charge in [0.2, 0.25) is 23.6 Å². The summed E-state index contributed by atoms with van der Waals surface area (Å²) in [5.41, 5.74) is 9.45. The molecule has 0 bridgehead atoms. The molecule has 5 N–H and O–H groups in total. The van der Waals surface area contributed by atoms with E-state index in [1.807, 2.05) is 12.1 Å². The molecule has 16 nitrogen and oxygen atoms in total. The molecule has 2 aromatic heterocycles. The number of benzene rings is 2. The number of imide groups is 1. The van der Waals surface area contributed by atoms with Crippen LogP contribution in [0.1, 0.15) is 50.0 Å². The van der Waals surface area contributed by atoms with Crippen LogP contribution in [0.3, 0.4) is 0 Å². The lowest BCUT2D eigenvalue weighted by atomic mass is 9.80. The first-order chi connectivity index (χ1) is 26.3. The molecule has 4 aromatic rings. The lowest BCUT2D eigenvalue weighted by Gasteiger charge is -2.42. The summed E-state index contributed by atoms with van der Waals surface area (Å²) < 4.78 is 7.76. The first-order valence-corrected chi connectivity index (χ1v) is 18.4. The summed E-state index contributed by atoms with van der Waals surface area (Å²) in [6, 6.07) is 14.4. The molecule has 3 fully saturated rings. The zero-order valence-corrected chi connectivity index (χ0v) is 29.7. The molecule has 54 heavy (non-hydrogen) atoms. The number of para-hydroxylation sites is 2. The number of hydrogen-bond acceptors (Lipinski definition) is 12. The van der Waals surface area contributed by atoms with Crippen molar-refractivity contribution in [3.8, 4) is 28.4 Å². The number of nitrogens with one attached hydrogen (secondary N) is 2. The Bertz CT molecular complexity index is 2100. The minimum absolute atomic E-state index is 0.0265. The maximum Gasteiger partial charge on any atom is 0.249 e. The average Bonchev–Trinajstić information content (AvgIpc) is 3.68. The van der Waals surface area contributed by atoms with E-state index in [2.05, 4.69) is 41.8 Å². The first kappa shape index (κ1) is 35.2. The van der Waals surface area contributed by atoms with E-state index >= 15 is 0 Å². The fraction of sp³-hybridized carbons (Fsp3) is 0.395. The number of piperazine rings is 1. The highest BCUT2D eigenvalue weighted by Crippen LogP contribution is 2.45. The van der Waals surface area contributed by atoms with Crippen LogP contribution < -0.4 is 30.9 Å². The summed E-state index contributed by atoms with van der Waals surface area (Å²) in [4.78, 5) is 56.4. The van der Waals surface area contributed by atoms with E-state index in [-0.39, 0.29) is 54.5 Å². The monoisotopic (exact) mass is 734 g/mol. The number of nitrogens with zero attached hydrogens (tertiary/aromatic N) is 7. The molecule has 1 saturated carbocycles. The number of nitrogens with two attached hydrogens (primary N) is 1. The number of piperidine rings is 1. The van der Waals surface area contributed by atoms with Gasteiger partial charge in [0.25, 0.3) is 0 Å². The van der Waals surface area contributed by atoms with Gasteiger partial charge in [0, 0.05) is 31.1 Å². The number of fused-ring (bicyclic) bond motifs is 1. The summed E-state index contributed by atoms with van der Waals surface area (Å²) in [6.07, 6.45) is 7.95. The third-order valence-electron chi connectivity index (χ3n) is 10.9. The second kappa shape index (κ2) is 14.9. The Morgan fingerprint density at radius 2 is 1.81 bits per heavy atom. The van der Waals surface area contributed by atoms with Gasteiger partial charge in [-0.05, 0) is 67.9 Å². The van der Waals surface area contributed by atoms with Gasteiger partial charge in [-0.3, -0.25) is 29.4 Å². The lowest BCUT2D eigenvalue weighted by Crippen LogP contribution is -2.54. The normalized spacial score (nSPS) is 22.0. The van der Waals surface area contributed by atoms with Crippen molar-refractivity contribution in [3.05, 3.63) is 66.5 Å². The van der Waals surface area contributed by atoms with E-state index in [1.165, 1.54) is 4.68 Å². The van der Waals surface area contributed by atoms with E-state index in [1.54, 1.807) is 47.6 Å². The number of carbonyl (C=O) groups is 4. The van der Waals surface area contributed by atoms with Crippen LogP contribution in [0.4, 0.5) is 17.2 Å². The van der Waals surface area contributed by atoms with Crippen molar-refractivity contribution >= 4 is 40.8 Å². The van der Waals surface area contributed by atoms with Crippen LogP contribution in [-0.2, 0) is 19.2 Å². The highest BCUT2D eigenvalue weighted by Gasteiger charge is 2.38. The van der Waals surface area contributed by atoms with Crippen LogP contribution in [0.2, 0.25) is 0 Å². The summed E-state index contributed by atoms with van der Waals surface area (Å²) in [7, 11) is 0. The third-order valence-corrected chi connectivity index (χ3v) is 10.9. The molecule has 2 aromatic carbocycles. The molecular weight excluding hydrogens is 692 g/mol. The largest absolute Gasteiger partial charge is 0.507 e. The number of aromatic nitrogens is 4. The second-order valence-electron chi connectivity index (χ2n) is 14.1. The molecular formula is C38H42N10O6. The highest BCUT2D eigenvalue weighted by atomic mass is 16.5. The van der Waals surface area contributed by atoms with Gasteiger partial charge in [0.05, 0.1) is 49.1 Å². The maximum atomic E-state index is 13.6. The topological polar surface area (TPSA) is 201 Å². The molecule has 0 radical (unpaired) electrons. The molecule has 0 spiro atoms. The number of rotatable bonds is 8. The molecule has 1 aliphatic carbocycles. The number of hydrogen-bond donors (Lipinski definition) is 4. The van der Waals surface area contributed by atoms with E-state index in [4.69, 9.17) is 10.5 Å². The Hall–Kier alpha value is -5.87. The fourth-order valence-corrected chi connectivity index (χ4v) is 8.18. The number of aromatic hydroxyl groups is 1. The van der Waals surface area contributed by atoms with Crippen molar-refractivity contribution < 1.29 is 29.0 Å². The fourth-order valence-electron chi connectivity index (χ4n) is 8.18. The third kappa shape index (κ3) is 6.85. The smallest absolute Gasteiger partial charge is 0.249 e. The molecule has 16 heteroatoms. The summed E-state index contributed by atoms with van der Waals surface area (Å²) in [5, 5.41) is 28.5. The van der Waals surface area contributed by atoms with Gasteiger partial charge in [-0.15, -0.1) is 10.2 Å². The quantitative estimate of drug-likeness (QED) is 0.193. The predicted molar refractivity (Wildman–Crippen MR) is 198 cm³/mol. The van der Waals surface area contributed by atoms with Gasteiger partial charge in [-0.1, -0.05) is 24.3 Å². The lowest BCUT2D eigenvalue weighted by molar-refractivity contribution is -0.134. The van der Waals surface area contributed by atoms with Crippen molar-refractivity contribution in [2.24, 2.45) is 5.73 Å². The Morgan fingerprint density at radius 1 is 0.981 bits per heavy atom. The van der Waals surface area contributed by atoms with Crippen molar-refractivity contribution in [1.29, 1.82) is 0 Å². The molecule has 0 unspecified atom stereocenters. The zero-order valence-electron chi connectivity index (χ0n) is 29.7. The van der Waals surface area contributed by atoms with Gasteiger partial charge < -0.3 is 30.7 Å². The van der Waals surface area contributed by atoms with Gasteiger partial charge in [-0.25, -0.2) is 4.68 Å². The van der Waals surface area contributed by atoms with Gasteiger partial charge in [-0.2, -0.15) is 5.10 Å². The molecule has 2 saturated heterocycles. The van der Waals surface area contributed by atoms with E-state index in [0.29, 0.717) is 67.6 Å². The van der Waals surface area contributed by atoms with Crippen LogP contribution in [0.25, 0.3) is 16.9 Å². The minimum Gasteiger partial charge on any atom is -0.507 e. The zero-order chi connectivity index (χ0) is 37.3. The highest BCUT2D eigenvalue weighted by molar-refractivity contribution is 6.02. The maximum absolute atomic E-state index is 13.6. The van der Waals surface area contributed by atoms with Crippen LogP contribution in [0.5, 0.6) is 11.5 Å². The number of phenolic OH excluding ortho intramolecular Hbond substituents is 1. The van der Waals surface area contributed by atoms with Crippen LogP contribution >= 0.6 is 0 Å². The van der Waals surface area contributed by atoms with Crippen molar-refractivity contribution in [1.82, 2.24) is 30.2 Å². The summed E-state index contributed by atoms with van der Waals surface area (Å²) >= 11 is 0. The van der Waals surface area contributed by atoms with Crippen LogP contribution in [0.15, 0.2) is 60.9 Å². The molecule has 1 atom stereocenters. The molecule has 5 heterocycles. The average molecular weight is 735 g/mol. The van der Waals surface area contributed by atoms with Crippen LogP contribution in [0, 0.1) is 0 Å². The van der Waals surface area contributed by atoms with Crippen molar-refractivity contribution in [2.75, 3.05) is 54.4 Å². The van der Waals surface area contributed by atoms with Gasteiger partial charge in [0.15, 0.2) is 5.82 Å². The SMILES string of the molecule is NCC(=O)Nc1nnc(-c2ccccc2O)cc1-n1cc(N2CCN(C3CCC(c4cccc5c4OCCN5[C@H]4CCC(=O)NC4=O)CC3)CC2=O)cn1. The van der Waals surface area contributed by atoms with E-state index < -0.39 is 5.91 Å². The Balaban J connectivity index is 0.925. The molecule has 4 aliphatic rings. The Morgan fingerprint density at radius 3 is 2.59 bits per heavy atom. The van der Waals surface area contributed by atoms with Gasteiger partial charge >= 0.3 is 0 Å². The van der Waals surface area contributed by atoms with Crippen molar-refractivity contribution in [2.45, 2.75) is 56.5 Å². The standard InChI is InChI=1S/C38H42N10O6/c39-19-34(51)41-37-31(18-28(43-44-37)27-4-1-2-7-32(27)49)48-21-25(20-40-48)46-15-14-45(22-35(46)52)24-10-8-23(9-11-24)26-5-3-6-29-36(26)54-17-16-47(29)30-12-13-33(50)42-38(30)53/h1-7,18,20-21,23-24,30,49H,8-17,19,22,39H2,(H,41,44,51)(H,42,50,53)/t23?,24?,30-/m0/s1. The Labute approximate surface area is 311 Å². The summed E-state index contributed by atoms with van der Waals surface area (Å²) in [5.74, 6) is 0.353. The Kier molecular flexibility index (Phi) is 9.69. The van der Waals surface area contributed by atoms with Crippen LogP contribution in [-0.4, -0.2) is 105 Å². The number of carbonyl (C=O) groups excluding carboxylic acids is 4. The predicted octanol–water partition coefficient (Wildman–Crippen LogP) is 2.31. The second-order valence-corrected chi connectivity index (χ2v) is 14.1. The number of ether oxygens (including phenoxy) is 1. The van der Waals surface area contributed by atoms with Gasteiger partial charge in [0.1, 0.15) is 29.8 Å². The molecule has 8 rings (SSSR count). The first-order valence-electron chi connectivity index (χ1n) is 18.4. The number of phenols is 1.